The maximum atomic E-state index is 5.18. The highest BCUT2D eigenvalue weighted by Gasteiger charge is 2.44. The molecule has 1 fully saturated rings. The Bertz CT molecular complexity index is 506. The van der Waals surface area contributed by atoms with Gasteiger partial charge in [0, 0.05) is 11.0 Å². The number of nitrogens with one attached hydrogen (secondary N) is 1. The van der Waals surface area contributed by atoms with Crippen molar-refractivity contribution in [2.75, 3.05) is 6.61 Å². The number of aromatic nitrogens is 4. The molecule has 3 rings (SSSR count). The van der Waals surface area contributed by atoms with E-state index in [0.717, 1.165) is 18.4 Å². The molecule has 1 saturated carbocycles. The maximum absolute atomic E-state index is 5.18. The quantitative estimate of drug-likeness (QED) is 0.759. The Morgan fingerprint density at radius 2 is 2.29 bits per heavy atom. The predicted molar refractivity (Wildman–Crippen MR) is 60.7 cm³/mol. The minimum atomic E-state index is 0.0918. The van der Waals surface area contributed by atoms with Crippen molar-refractivity contribution in [1.29, 1.82) is 0 Å². The molecule has 0 bridgehead atoms. The van der Waals surface area contributed by atoms with E-state index in [-0.39, 0.29) is 5.41 Å². The molecule has 1 aromatic heterocycles. The molecular formula is C11H13N5O. The van der Waals surface area contributed by atoms with Crippen LogP contribution in [0.3, 0.4) is 0 Å². The Balaban J connectivity index is 1.95. The van der Waals surface area contributed by atoms with Crippen LogP contribution in [-0.4, -0.2) is 27.2 Å². The Labute approximate surface area is 98.1 Å². The Kier molecular flexibility index (Phi) is 2.38. The molecule has 88 valence electrons. The van der Waals surface area contributed by atoms with Crippen LogP contribution in [0.2, 0.25) is 0 Å². The van der Waals surface area contributed by atoms with E-state index in [0.29, 0.717) is 12.4 Å². The molecule has 1 aromatic carbocycles. The van der Waals surface area contributed by atoms with Gasteiger partial charge in [-0.3, -0.25) is 0 Å². The Morgan fingerprint density at radius 1 is 1.41 bits per heavy atom. The second-order valence-corrected chi connectivity index (χ2v) is 4.41. The summed E-state index contributed by atoms with van der Waals surface area (Å²) in [5.74, 6) is 5.79. The summed E-state index contributed by atoms with van der Waals surface area (Å²) in [6.07, 6.45) is 2.22. The molecule has 1 aliphatic carbocycles. The number of hydrogen-bond acceptors (Lipinski definition) is 5. The average Bonchev–Trinajstić information content (AvgIpc) is 2.94. The molecule has 0 saturated heterocycles. The minimum absolute atomic E-state index is 0.0918. The highest BCUT2D eigenvalue weighted by atomic mass is 16.6. The van der Waals surface area contributed by atoms with Crippen LogP contribution in [-0.2, 0) is 10.3 Å². The van der Waals surface area contributed by atoms with Gasteiger partial charge in [-0.2, -0.15) is 5.21 Å². The fourth-order valence-corrected chi connectivity index (χ4v) is 2.10. The van der Waals surface area contributed by atoms with Crippen molar-refractivity contribution in [2.24, 2.45) is 5.90 Å². The van der Waals surface area contributed by atoms with Gasteiger partial charge in [0.25, 0.3) is 0 Å². The molecule has 0 radical (unpaired) electrons. The molecule has 6 nitrogen and oxygen atoms in total. The third-order valence-electron chi connectivity index (χ3n) is 3.29. The highest BCUT2D eigenvalue weighted by Crippen LogP contribution is 2.48. The monoisotopic (exact) mass is 231 g/mol. The number of aromatic amines is 1. The smallest absolute Gasteiger partial charge is 0.204 e. The van der Waals surface area contributed by atoms with Gasteiger partial charge >= 0.3 is 0 Å². The second kappa shape index (κ2) is 3.90. The van der Waals surface area contributed by atoms with Crippen LogP contribution >= 0.6 is 0 Å². The summed E-state index contributed by atoms with van der Waals surface area (Å²) in [5, 5.41) is 14.0. The lowest BCUT2D eigenvalue weighted by Gasteiger charge is -2.14. The summed E-state index contributed by atoms with van der Waals surface area (Å²) in [7, 11) is 0. The summed E-state index contributed by atoms with van der Waals surface area (Å²) in [6.45, 7) is 0.558. The van der Waals surface area contributed by atoms with Gasteiger partial charge in [0.15, 0.2) is 0 Å². The van der Waals surface area contributed by atoms with Crippen molar-refractivity contribution in [1.82, 2.24) is 20.6 Å². The normalized spacial score (nSPS) is 17.0. The fraction of sp³-hybridized carbons (Fsp3) is 0.364. The van der Waals surface area contributed by atoms with E-state index in [1.165, 1.54) is 5.56 Å². The molecule has 2 aromatic rings. The minimum Gasteiger partial charge on any atom is -0.304 e. The van der Waals surface area contributed by atoms with Crippen molar-refractivity contribution < 1.29 is 4.84 Å². The average molecular weight is 231 g/mol. The molecule has 6 heteroatoms. The molecule has 1 aliphatic rings. The van der Waals surface area contributed by atoms with E-state index < -0.39 is 0 Å². The van der Waals surface area contributed by atoms with Gasteiger partial charge in [0.2, 0.25) is 5.82 Å². The summed E-state index contributed by atoms with van der Waals surface area (Å²) in [6, 6.07) is 8.14. The van der Waals surface area contributed by atoms with Gasteiger partial charge in [-0.15, -0.1) is 10.2 Å². The van der Waals surface area contributed by atoms with Crippen LogP contribution in [0.5, 0.6) is 0 Å². The van der Waals surface area contributed by atoms with Gasteiger partial charge in [0.1, 0.15) is 0 Å². The van der Waals surface area contributed by atoms with E-state index in [2.05, 4.69) is 32.8 Å². The first-order chi connectivity index (χ1) is 8.34. The molecule has 0 unspecified atom stereocenters. The Hall–Kier alpha value is -1.79. The molecule has 0 aliphatic heterocycles. The summed E-state index contributed by atoms with van der Waals surface area (Å²) in [5.41, 5.74) is 2.28. The third kappa shape index (κ3) is 1.81. The zero-order valence-corrected chi connectivity index (χ0v) is 9.26. The zero-order valence-electron chi connectivity index (χ0n) is 9.26. The topological polar surface area (TPSA) is 89.7 Å². The number of tetrazole rings is 1. The molecule has 0 amide bonds. The number of nitrogens with zero attached hydrogens (tertiary/aromatic N) is 3. The number of nitrogens with two attached hydrogens (primary N) is 1. The third-order valence-corrected chi connectivity index (χ3v) is 3.29. The standard InChI is InChI=1S/C11H13N5O/c12-17-7-11(4-5-11)9-3-1-2-8(6-9)10-13-15-16-14-10/h1-3,6H,4-5,7,12H2,(H,13,14,15,16). The summed E-state index contributed by atoms with van der Waals surface area (Å²) in [4.78, 5) is 4.80. The molecule has 1 heterocycles. The fourth-order valence-electron chi connectivity index (χ4n) is 2.10. The summed E-state index contributed by atoms with van der Waals surface area (Å²) < 4.78 is 0. The van der Waals surface area contributed by atoms with Crippen LogP contribution in [0, 0.1) is 0 Å². The lowest BCUT2D eigenvalue weighted by Crippen LogP contribution is -2.18. The van der Waals surface area contributed by atoms with E-state index in [1.54, 1.807) is 0 Å². The van der Waals surface area contributed by atoms with Crippen molar-refractivity contribution in [3.63, 3.8) is 0 Å². The molecule has 3 N–H and O–H groups in total. The first kappa shape index (κ1) is 10.4. The molecule has 17 heavy (non-hydrogen) atoms. The maximum Gasteiger partial charge on any atom is 0.204 e. The van der Waals surface area contributed by atoms with E-state index in [4.69, 9.17) is 10.7 Å². The van der Waals surface area contributed by atoms with Crippen molar-refractivity contribution in [2.45, 2.75) is 18.3 Å². The van der Waals surface area contributed by atoms with Gasteiger partial charge < -0.3 is 4.84 Å². The van der Waals surface area contributed by atoms with Crippen LogP contribution in [0.15, 0.2) is 24.3 Å². The first-order valence-electron chi connectivity index (χ1n) is 5.50. The van der Waals surface area contributed by atoms with Gasteiger partial charge in [-0.1, -0.05) is 18.2 Å². The predicted octanol–water partition coefficient (Wildman–Crippen LogP) is 0.789. The van der Waals surface area contributed by atoms with Crippen molar-refractivity contribution >= 4 is 0 Å². The van der Waals surface area contributed by atoms with Crippen molar-refractivity contribution in [3.8, 4) is 11.4 Å². The van der Waals surface area contributed by atoms with Gasteiger partial charge in [0.05, 0.1) is 6.61 Å². The highest BCUT2D eigenvalue weighted by molar-refractivity contribution is 5.56. The number of rotatable bonds is 4. The van der Waals surface area contributed by atoms with E-state index in [9.17, 15) is 0 Å². The largest absolute Gasteiger partial charge is 0.304 e. The van der Waals surface area contributed by atoms with Gasteiger partial charge in [-0.05, 0) is 29.7 Å². The van der Waals surface area contributed by atoms with Crippen LogP contribution in [0.4, 0.5) is 0 Å². The molecule has 0 spiro atoms. The SMILES string of the molecule is NOCC1(c2cccc(-c3nn[nH]n3)c2)CC1. The molecule has 0 atom stereocenters. The first-order valence-corrected chi connectivity index (χ1v) is 5.50. The van der Waals surface area contributed by atoms with Crippen molar-refractivity contribution in [3.05, 3.63) is 29.8 Å². The lowest BCUT2D eigenvalue weighted by molar-refractivity contribution is 0.116. The molecular weight excluding hydrogens is 218 g/mol. The Morgan fingerprint density at radius 3 is 2.94 bits per heavy atom. The lowest BCUT2D eigenvalue weighted by atomic mass is 9.95. The number of H-pyrrole nitrogens is 1. The summed E-state index contributed by atoms with van der Waals surface area (Å²) >= 11 is 0. The number of hydrogen-bond donors (Lipinski definition) is 2. The van der Waals surface area contributed by atoms with E-state index >= 15 is 0 Å². The zero-order chi connectivity index (χ0) is 11.7. The van der Waals surface area contributed by atoms with Crippen LogP contribution < -0.4 is 5.90 Å². The van der Waals surface area contributed by atoms with Gasteiger partial charge in [-0.25, -0.2) is 5.90 Å². The second-order valence-electron chi connectivity index (χ2n) is 4.41. The number of benzene rings is 1. The van der Waals surface area contributed by atoms with Crippen LogP contribution in [0.25, 0.3) is 11.4 Å². The van der Waals surface area contributed by atoms with Crippen LogP contribution in [0.1, 0.15) is 18.4 Å². The van der Waals surface area contributed by atoms with E-state index in [1.807, 2.05) is 12.1 Å².